The molecule has 0 fully saturated rings. The van der Waals surface area contributed by atoms with E-state index in [1.54, 1.807) is 0 Å². The van der Waals surface area contributed by atoms with Gasteiger partial charge in [-0.15, -0.1) is 0 Å². The molecule has 0 saturated heterocycles. The highest BCUT2D eigenvalue weighted by molar-refractivity contribution is 5.84. The summed E-state index contributed by atoms with van der Waals surface area (Å²) in [4.78, 5) is 13.7. The van der Waals surface area contributed by atoms with Crippen LogP contribution in [0.1, 0.15) is 0 Å². The molecule has 0 radical (unpaired) electrons. The lowest BCUT2D eigenvalue weighted by molar-refractivity contribution is -0.239. The minimum Gasteiger partial charge on any atom is -0.394 e. The first kappa shape index (κ1) is 12.4. The summed E-state index contributed by atoms with van der Waals surface area (Å²) >= 11 is 0. The molecule has 4 N–H and O–H groups in total. The summed E-state index contributed by atoms with van der Waals surface area (Å²) in [6.45, 7) is -1.87. The first-order valence-corrected chi connectivity index (χ1v) is 3.46. The molecule has 3 atom stereocenters. The van der Waals surface area contributed by atoms with Crippen LogP contribution in [0.15, 0.2) is 0 Å². The molecule has 0 unspecified atom stereocenters. The van der Waals surface area contributed by atoms with Gasteiger partial charge in [0.1, 0.15) is 18.8 Å². The van der Waals surface area contributed by atoms with Crippen molar-refractivity contribution >= 4 is 5.78 Å². The summed E-state index contributed by atoms with van der Waals surface area (Å²) in [5.41, 5.74) is 0. The SMILES string of the molecule is O=C(CO)[C@@H](O)[C@H](OF)[C@H](O)CO. The fraction of sp³-hybridized carbons (Fsp3) is 0.833. The van der Waals surface area contributed by atoms with Crippen molar-refractivity contribution in [2.24, 2.45) is 0 Å². The van der Waals surface area contributed by atoms with Crippen LogP contribution in [0.3, 0.4) is 0 Å². The summed E-state index contributed by atoms with van der Waals surface area (Å²) < 4.78 is 11.7. The summed E-state index contributed by atoms with van der Waals surface area (Å²) in [6, 6.07) is 0. The molecule has 0 aromatic heterocycles. The molecule has 0 aromatic carbocycles. The van der Waals surface area contributed by atoms with E-state index in [1.807, 2.05) is 0 Å². The van der Waals surface area contributed by atoms with E-state index in [2.05, 4.69) is 4.94 Å². The van der Waals surface area contributed by atoms with Gasteiger partial charge in [-0.25, -0.2) is 0 Å². The summed E-state index contributed by atoms with van der Waals surface area (Å²) in [5, 5.41) is 34.4. The minimum absolute atomic E-state index is 0.871. The maximum atomic E-state index is 11.7. The lowest BCUT2D eigenvalue weighted by Crippen LogP contribution is -2.45. The quantitative estimate of drug-likeness (QED) is 0.377. The van der Waals surface area contributed by atoms with Crippen molar-refractivity contribution in [2.45, 2.75) is 18.3 Å². The Hall–Kier alpha value is -0.600. The van der Waals surface area contributed by atoms with Gasteiger partial charge in [0.15, 0.2) is 11.9 Å². The highest BCUT2D eigenvalue weighted by atomic mass is 19.3. The van der Waals surface area contributed by atoms with E-state index in [0.29, 0.717) is 0 Å². The molecule has 0 amide bonds. The second kappa shape index (κ2) is 5.95. The van der Waals surface area contributed by atoms with Crippen molar-refractivity contribution in [2.75, 3.05) is 13.2 Å². The maximum absolute atomic E-state index is 11.7. The third-order valence-electron chi connectivity index (χ3n) is 1.47. The molecule has 0 spiro atoms. The first-order valence-electron chi connectivity index (χ1n) is 3.46. The van der Waals surface area contributed by atoms with E-state index < -0.39 is 37.3 Å². The van der Waals surface area contributed by atoms with Gasteiger partial charge in [0.2, 0.25) is 0 Å². The zero-order valence-corrected chi connectivity index (χ0v) is 6.63. The van der Waals surface area contributed by atoms with Gasteiger partial charge in [0, 0.05) is 0 Å². The Labute approximate surface area is 73.1 Å². The van der Waals surface area contributed by atoms with Crippen LogP contribution in [-0.2, 0) is 9.74 Å². The Kier molecular flexibility index (Phi) is 5.67. The molecule has 7 heteroatoms. The van der Waals surface area contributed by atoms with Crippen molar-refractivity contribution in [1.29, 1.82) is 0 Å². The monoisotopic (exact) mass is 198 g/mol. The fourth-order valence-corrected chi connectivity index (χ4v) is 0.699. The Morgan fingerprint density at radius 2 is 1.92 bits per heavy atom. The lowest BCUT2D eigenvalue weighted by Gasteiger charge is -2.20. The third-order valence-corrected chi connectivity index (χ3v) is 1.47. The number of aliphatic hydroxyl groups is 4. The molecule has 0 heterocycles. The molecular formula is C6H11FO6. The highest BCUT2D eigenvalue weighted by Crippen LogP contribution is 2.07. The van der Waals surface area contributed by atoms with Crippen LogP contribution >= 0.6 is 0 Å². The van der Waals surface area contributed by atoms with Gasteiger partial charge in [0.05, 0.1) is 6.61 Å². The van der Waals surface area contributed by atoms with Gasteiger partial charge in [-0.3, -0.25) is 4.79 Å². The predicted molar refractivity (Wildman–Crippen MR) is 37.2 cm³/mol. The van der Waals surface area contributed by atoms with E-state index >= 15 is 0 Å². The lowest BCUT2D eigenvalue weighted by atomic mass is 10.1. The van der Waals surface area contributed by atoms with Crippen molar-refractivity contribution in [3.63, 3.8) is 0 Å². The van der Waals surface area contributed by atoms with E-state index in [9.17, 15) is 9.32 Å². The number of hydrogen-bond acceptors (Lipinski definition) is 6. The van der Waals surface area contributed by atoms with Gasteiger partial charge in [-0.2, -0.15) is 4.94 Å². The molecule has 0 aliphatic heterocycles. The molecule has 0 saturated carbocycles. The standard InChI is InChI=1S/C6H11FO6/c7-13-6(4(11)2-9)5(12)3(10)1-8/h4-6,8-9,11-12H,1-2H2/t4-,5-,6-/m1/s1. The van der Waals surface area contributed by atoms with Crippen LogP contribution in [0.25, 0.3) is 0 Å². The van der Waals surface area contributed by atoms with Crippen molar-refractivity contribution in [3.05, 3.63) is 0 Å². The molecule has 0 aliphatic carbocycles. The molecule has 78 valence electrons. The van der Waals surface area contributed by atoms with Crippen LogP contribution in [0.2, 0.25) is 0 Å². The van der Waals surface area contributed by atoms with Crippen molar-refractivity contribution in [3.8, 4) is 0 Å². The summed E-state index contributed by atoms with van der Waals surface area (Å²) in [5.74, 6) is -1.10. The van der Waals surface area contributed by atoms with Crippen LogP contribution in [0, 0.1) is 0 Å². The third kappa shape index (κ3) is 3.33. The predicted octanol–water partition coefficient (Wildman–Crippen LogP) is -2.47. The van der Waals surface area contributed by atoms with E-state index in [0.717, 1.165) is 0 Å². The Bertz CT molecular complexity index is 163. The Morgan fingerprint density at radius 1 is 1.38 bits per heavy atom. The van der Waals surface area contributed by atoms with Crippen LogP contribution in [0.5, 0.6) is 0 Å². The smallest absolute Gasteiger partial charge is 0.189 e. The van der Waals surface area contributed by atoms with Gasteiger partial charge < -0.3 is 20.4 Å². The normalized spacial score (nSPS) is 17.9. The molecular weight excluding hydrogens is 187 g/mol. The average molecular weight is 198 g/mol. The van der Waals surface area contributed by atoms with Crippen molar-refractivity contribution in [1.82, 2.24) is 0 Å². The number of carbonyl (C=O) groups excluding carboxylic acids is 1. The Balaban J connectivity index is 4.30. The number of hydrogen-bond donors (Lipinski definition) is 4. The number of aliphatic hydroxyl groups excluding tert-OH is 4. The molecule has 13 heavy (non-hydrogen) atoms. The van der Waals surface area contributed by atoms with E-state index in [-0.39, 0.29) is 0 Å². The maximum Gasteiger partial charge on any atom is 0.189 e. The molecule has 0 rings (SSSR count). The Morgan fingerprint density at radius 3 is 2.23 bits per heavy atom. The molecule has 0 aromatic rings. The number of rotatable bonds is 6. The second-order valence-corrected chi connectivity index (χ2v) is 2.37. The number of halogens is 1. The van der Waals surface area contributed by atoms with Gasteiger partial charge in [-0.05, 0) is 4.53 Å². The summed E-state index contributed by atoms with van der Waals surface area (Å²) in [7, 11) is 0. The zero-order chi connectivity index (χ0) is 10.4. The van der Waals surface area contributed by atoms with Gasteiger partial charge in [0.25, 0.3) is 0 Å². The molecule has 0 bridgehead atoms. The number of ketones is 1. The van der Waals surface area contributed by atoms with Crippen LogP contribution in [0.4, 0.5) is 4.53 Å². The fourth-order valence-electron chi connectivity index (χ4n) is 0.699. The average Bonchev–Trinajstić information content (AvgIpc) is 2.17. The largest absolute Gasteiger partial charge is 0.394 e. The molecule has 0 aliphatic rings. The zero-order valence-electron chi connectivity index (χ0n) is 6.63. The summed E-state index contributed by atoms with van der Waals surface area (Å²) in [6.07, 6.45) is -5.61. The number of carbonyl (C=O) groups is 1. The van der Waals surface area contributed by atoms with Crippen LogP contribution in [-0.4, -0.2) is 57.7 Å². The topological polar surface area (TPSA) is 107 Å². The first-order chi connectivity index (χ1) is 6.08. The van der Waals surface area contributed by atoms with E-state index in [4.69, 9.17) is 20.4 Å². The van der Waals surface area contributed by atoms with Crippen LogP contribution < -0.4 is 0 Å². The number of Topliss-reactive ketones (excluding diaryl/α,β-unsaturated/α-hetero) is 1. The minimum atomic E-state index is -2.00. The van der Waals surface area contributed by atoms with Gasteiger partial charge in [-0.1, -0.05) is 0 Å². The van der Waals surface area contributed by atoms with Crippen molar-refractivity contribution < 1.29 is 34.7 Å². The molecule has 6 nitrogen and oxygen atoms in total. The second-order valence-electron chi connectivity index (χ2n) is 2.37. The van der Waals surface area contributed by atoms with E-state index in [1.165, 1.54) is 0 Å². The highest BCUT2D eigenvalue weighted by Gasteiger charge is 2.33. The van der Waals surface area contributed by atoms with Gasteiger partial charge >= 0.3 is 0 Å².